The number of hydrazine groups is 1. The van der Waals surface area contributed by atoms with Crippen LogP contribution in [0.15, 0.2) is 48.8 Å². The standard InChI is InChI=1S/C18H15ClFN5O/c19-11-15(26)25-18-16(12-5-7-21-8-6-12)17(23-24(18)10-9-22-25)13-1-3-14(20)4-2-13/h1-8,22H,9-11H2. The molecule has 0 bridgehead atoms. The molecule has 0 spiro atoms. The molecule has 26 heavy (non-hydrogen) atoms. The number of hydrogen-bond acceptors (Lipinski definition) is 4. The van der Waals surface area contributed by atoms with Gasteiger partial charge >= 0.3 is 0 Å². The van der Waals surface area contributed by atoms with E-state index in [1.54, 1.807) is 29.2 Å². The highest BCUT2D eigenvalue weighted by atomic mass is 35.5. The van der Waals surface area contributed by atoms with Crippen LogP contribution in [0.25, 0.3) is 22.4 Å². The van der Waals surface area contributed by atoms with Gasteiger partial charge in [-0.25, -0.2) is 19.5 Å². The molecule has 3 aromatic rings. The zero-order chi connectivity index (χ0) is 18.1. The minimum Gasteiger partial charge on any atom is -0.272 e. The molecule has 0 radical (unpaired) electrons. The minimum atomic E-state index is -0.316. The minimum absolute atomic E-state index is 0.153. The molecular formula is C18H15ClFN5O. The van der Waals surface area contributed by atoms with Gasteiger partial charge in [-0.05, 0) is 42.0 Å². The first-order valence-corrected chi connectivity index (χ1v) is 8.62. The summed E-state index contributed by atoms with van der Waals surface area (Å²) in [4.78, 5) is 16.4. The van der Waals surface area contributed by atoms with E-state index in [-0.39, 0.29) is 17.6 Å². The number of fused-ring (bicyclic) bond motifs is 1. The van der Waals surface area contributed by atoms with Gasteiger partial charge in [-0.1, -0.05) is 0 Å². The molecule has 0 fully saturated rings. The molecule has 1 N–H and O–H groups in total. The molecule has 1 aliphatic heterocycles. The number of alkyl halides is 1. The molecule has 3 heterocycles. The van der Waals surface area contributed by atoms with Crippen LogP contribution in [-0.2, 0) is 11.3 Å². The SMILES string of the molecule is O=C(CCl)N1NCCn2nc(-c3ccc(F)cc3)c(-c3ccncc3)c21. The normalized spacial score (nSPS) is 13.5. The second-order valence-corrected chi connectivity index (χ2v) is 6.05. The quantitative estimate of drug-likeness (QED) is 0.719. The van der Waals surface area contributed by atoms with E-state index in [1.165, 1.54) is 17.1 Å². The van der Waals surface area contributed by atoms with Crippen molar-refractivity contribution in [3.05, 3.63) is 54.6 Å². The molecule has 0 saturated heterocycles. The number of nitrogens with zero attached hydrogens (tertiary/aromatic N) is 4. The predicted octanol–water partition coefficient (Wildman–Crippen LogP) is 2.84. The van der Waals surface area contributed by atoms with Crippen molar-refractivity contribution >= 4 is 23.3 Å². The summed E-state index contributed by atoms with van der Waals surface area (Å²) < 4.78 is 15.1. The average molecular weight is 372 g/mol. The Kier molecular flexibility index (Phi) is 4.40. The van der Waals surface area contributed by atoms with Crippen LogP contribution >= 0.6 is 11.6 Å². The maximum Gasteiger partial charge on any atom is 0.257 e. The summed E-state index contributed by atoms with van der Waals surface area (Å²) in [7, 11) is 0. The van der Waals surface area contributed by atoms with E-state index in [2.05, 4.69) is 10.4 Å². The number of rotatable bonds is 3. The van der Waals surface area contributed by atoms with Crippen molar-refractivity contribution in [2.24, 2.45) is 0 Å². The van der Waals surface area contributed by atoms with Gasteiger partial charge in [0.2, 0.25) is 0 Å². The van der Waals surface area contributed by atoms with Gasteiger partial charge in [0.15, 0.2) is 5.82 Å². The van der Waals surface area contributed by atoms with Crippen LogP contribution in [0.2, 0.25) is 0 Å². The Labute approximate surface area is 154 Å². The first kappa shape index (κ1) is 16.7. The van der Waals surface area contributed by atoms with Crippen molar-refractivity contribution in [1.82, 2.24) is 20.2 Å². The molecule has 0 unspecified atom stereocenters. The van der Waals surface area contributed by atoms with Crippen LogP contribution < -0.4 is 10.4 Å². The Hall–Kier alpha value is -2.77. The maximum absolute atomic E-state index is 13.4. The maximum atomic E-state index is 13.4. The van der Waals surface area contributed by atoms with Gasteiger partial charge in [-0.2, -0.15) is 5.10 Å². The van der Waals surface area contributed by atoms with Crippen LogP contribution in [-0.4, -0.2) is 33.1 Å². The van der Waals surface area contributed by atoms with Gasteiger partial charge in [0, 0.05) is 24.5 Å². The third-order valence-corrected chi connectivity index (χ3v) is 4.41. The van der Waals surface area contributed by atoms with Crippen molar-refractivity contribution < 1.29 is 9.18 Å². The molecule has 1 amide bonds. The molecule has 132 valence electrons. The molecule has 1 aromatic carbocycles. The highest BCUT2D eigenvalue weighted by Gasteiger charge is 2.30. The lowest BCUT2D eigenvalue weighted by Gasteiger charge is -2.29. The number of hydrogen-bond donors (Lipinski definition) is 1. The lowest BCUT2D eigenvalue weighted by atomic mass is 10.0. The van der Waals surface area contributed by atoms with E-state index in [1.807, 2.05) is 12.1 Å². The molecule has 0 aliphatic carbocycles. The number of carbonyl (C=O) groups is 1. The first-order chi connectivity index (χ1) is 12.7. The van der Waals surface area contributed by atoms with Gasteiger partial charge in [0.25, 0.3) is 5.91 Å². The largest absolute Gasteiger partial charge is 0.272 e. The Morgan fingerprint density at radius 3 is 2.58 bits per heavy atom. The Balaban J connectivity index is 1.97. The number of halogens is 2. The lowest BCUT2D eigenvalue weighted by Crippen LogP contribution is -2.49. The third-order valence-electron chi connectivity index (χ3n) is 4.18. The molecule has 0 atom stereocenters. The van der Waals surface area contributed by atoms with Crippen molar-refractivity contribution in [3.8, 4) is 22.4 Å². The van der Waals surface area contributed by atoms with Gasteiger partial charge < -0.3 is 0 Å². The number of benzene rings is 1. The van der Waals surface area contributed by atoms with E-state index in [0.29, 0.717) is 24.6 Å². The highest BCUT2D eigenvalue weighted by Crippen LogP contribution is 2.40. The fourth-order valence-electron chi connectivity index (χ4n) is 3.04. The van der Waals surface area contributed by atoms with Gasteiger partial charge in [-0.3, -0.25) is 9.78 Å². The average Bonchev–Trinajstić information content (AvgIpc) is 3.08. The summed E-state index contributed by atoms with van der Waals surface area (Å²) in [6.07, 6.45) is 3.36. The molecule has 0 saturated carbocycles. The van der Waals surface area contributed by atoms with E-state index in [4.69, 9.17) is 16.7 Å². The Bertz CT molecular complexity index is 942. The second-order valence-electron chi connectivity index (χ2n) is 5.78. The topological polar surface area (TPSA) is 63.1 Å². The van der Waals surface area contributed by atoms with Crippen LogP contribution in [0, 0.1) is 5.82 Å². The van der Waals surface area contributed by atoms with Crippen molar-refractivity contribution in [1.29, 1.82) is 0 Å². The Morgan fingerprint density at radius 2 is 1.88 bits per heavy atom. The zero-order valence-electron chi connectivity index (χ0n) is 13.7. The molecule has 8 heteroatoms. The Morgan fingerprint density at radius 1 is 1.15 bits per heavy atom. The summed E-state index contributed by atoms with van der Waals surface area (Å²) in [5, 5.41) is 6.13. The number of nitrogens with one attached hydrogen (secondary N) is 1. The lowest BCUT2D eigenvalue weighted by molar-refractivity contribution is -0.117. The molecule has 1 aliphatic rings. The fourth-order valence-corrected chi connectivity index (χ4v) is 3.16. The van der Waals surface area contributed by atoms with Crippen LogP contribution in [0.5, 0.6) is 0 Å². The highest BCUT2D eigenvalue weighted by molar-refractivity contribution is 6.29. The van der Waals surface area contributed by atoms with Crippen LogP contribution in [0.3, 0.4) is 0 Å². The number of pyridine rings is 1. The van der Waals surface area contributed by atoms with Gasteiger partial charge in [0.05, 0.1) is 12.1 Å². The van der Waals surface area contributed by atoms with E-state index in [9.17, 15) is 9.18 Å². The summed E-state index contributed by atoms with van der Waals surface area (Å²) in [5.41, 5.74) is 6.13. The van der Waals surface area contributed by atoms with Crippen LogP contribution in [0.1, 0.15) is 0 Å². The summed E-state index contributed by atoms with van der Waals surface area (Å²) in [5.74, 6) is -0.121. The van der Waals surface area contributed by atoms with E-state index in [0.717, 1.165) is 16.7 Å². The summed E-state index contributed by atoms with van der Waals surface area (Å²) in [6, 6.07) is 9.84. The number of amides is 1. The number of aromatic nitrogens is 3. The van der Waals surface area contributed by atoms with Crippen molar-refractivity contribution in [3.63, 3.8) is 0 Å². The predicted molar refractivity (Wildman–Crippen MR) is 97.1 cm³/mol. The van der Waals surface area contributed by atoms with Gasteiger partial charge in [0.1, 0.15) is 17.4 Å². The molecule has 6 nitrogen and oxygen atoms in total. The first-order valence-electron chi connectivity index (χ1n) is 8.08. The second kappa shape index (κ2) is 6.86. The van der Waals surface area contributed by atoms with E-state index < -0.39 is 0 Å². The summed E-state index contributed by atoms with van der Waals surface area (Å²) in [6.45, 7) is 1.15. The number of anilines is 1. The molecular weight excluding hydrogens is 357 g/mol. The summed E-state index contributed by atoms with van der Waals surface area (Å²) >= 11 is 5.78. The van der Waals surface area contributed by atoms with Crippen LogP contribution in [0.4, 0.5) is 10.2 Å². The monoisotopic (exact) mass is 371 g/mol. The fraction of sp³-hybridized carbons (Fsp3) is 0.167. The van der Waals surface area contributed by atoms with Crippen molar-refractivity contribution in [2.45, 2.75) is 6.54 Å². The van der Waals surface area contributed by atoms with E-state index >= 15 is 0 Å². The van der Waals surface area contributed by atoms with Crippen molar-refractivity contribution in [2.75, 3.05) is 17.4 Å². The smallest absolute Gasteiger partial charge is 0.257 e. The molecule has 2 aromatic heterocycles. The van der Waals surface area contributed by atoms with Gasteiger partial charge in [-0.15, -0.1) is 11.6 Å². The number of carbonyl (C=O) groups excluding carboxylic acids is 1. The molecule has 4 rings (SSSR count). The third kappa shape index (κ3) is 2.85. The zero-order valence-corrected chi connectivity index (χ0v) is 14.4.